The van der Waals surface area contributed by atoms with Gasteiger partial charge in [-0.1, -0.05) is 30.3 Å². The standard InChI is InChI=1S/C35H37Cl2N5O4S/c1-46-33-23-26(41-47(2,44)45)11-15-32(33)39-31-16-14-28(34-29(31)22-25-7-3-4-8-30(25)40-34)35(43)38-19-5-6-24-9-12-27(13-10-24)42(20-17-36)21-18-37/h3-4,7-16,22-23,39,41H,5-6,17-21H2,1-2H3,(H,38,43). The van der Waals surface area contributed by atoms with Gasteiger partial charge >= 0.3 is 0 Å². The third-order valence-electron chi connectivity index (χ3n) is 7.64. The predicted octanol–water partition coefficient (Wildman–Crippen LogP) is 7.16. The fraction of sp³-hybridized carbons (Fsp3) is 0.257. The number of para-hydroxylation sites is 1. The molecule has 0 radical (unpaired) electrons. The number of aromatic nitrogens is 1. The van der Waals surface area contributed by atoms with Crippen molar-refractivity contribution in [3.05, 3.63) is 96.1 Å². The molecule has 1 aromatic heterocycles. The molecule has 0 atom stereocenters. The summed E-state index contributed by atoms with van der Waals surface area (Å²) in [6.45, 7) is 1.98. The van der Waals surface area contributed by atoms with Crippen LogP contribution in [-0.2, 0) is 16.4 Å². The van der Waals surface area contributed by atoms with Gasteiger partial charge in [0, 0.05) is 59.6 Å². The van der Waals surface area contributed by atoms with Crippen LogP contribution in [0, 0.1) is 0 Å². The molecule has 12 heteroatoms. The average molecular weight is 695 g/mol. The molecule has 0 spiro atoms. The Labute approximate surface area is 285 Å². The summed E-state index contributed by atoms with van der Waals surface area (Å²) >= 11 is 11.9. The monoisotopic (exact) mass is 693 g/mol. The highest BCUT2D eigenvalue weighted by Crippen LogP contribution is 2.35. The minimum absolute atomic E-state index is 0.203. The summed E-state index contributed by atoms with van der Waals surface area (Å²) in [6.07, 6.45) is 2.68. The summed E-state index contributed by atoms with van der Waals surface area (Å²) in [5, 5.41) is 8.15. The molecular formula is C35H37Cl2N5O4S. The molecule has 1 heterocycles. The van der Waals surface area contributed by atoms with Crippen LogP contribution in [0.1, 0.15) is 22.3 Å². The number of sulfonamides is 1. The molecule has 0 bridgehead atoms. The maximum Gasteiger partial charge on any atom is 0.253 e. The van der Waals surface area contributed by atoms with Crippen LogP contribution in [0.5, 0.6) is 5.75 Å². The van der Waals surface area contributed by atoms with E-state index in [2.05, 4.69) is 44.5 Å². The summed E-state index contributed by atoms with van der Waals surface area (Å²) < 4.78 is 31.4. The molecule has 0 aliphatic carbocycles. The zero-order chi connectivity index (χ0) is 33.4. The molecule has 0 aliphatic rings. The number of methoxy groups -OCH3 is 1. The number of carbonyl (C=O) groups excluding carboxylic acids is 1. The highest BCUT2D eigenvalue weighted by molar-refractivity contribution is 7.92. The lowest BCUT2D eigenvalue weighted by molar-refractivity contribution is 0.0954. The molecule has 3 N–H and O–H groups in total. The fourth-order valence-corrected chi connectivity index (χ4v) is 6.37. The molecule has 4 aromatic carbocycles. The lowest BCUT2D eigenvalue weighted by atomic mass is 10.0. The molecular weight excluding hydrogens is 657 g/mol. The summed E-state index contributed by atoms with van der Waals surface area (Å²) in [5.41, 5.74) is 5.81. The van der Waals surface area contributed by atoms with E-state index in [1.54, 1.807) is 24.3 Å². The second-order valence-electron chi connectivity index (χ2n) is 11.0. The Hall–Kier alpha value is -4.25. The predicted molar refractivity (Wildman–Crippen MR) is 195 cm³/mol. The van der Waals surface area contributed by atoms with Gasteiger partial charge in [-0.05, 0) is 66.9 Å². The fourth-order valence-electron chi connectivity index (χ4n) is 5.41. The maximum atomic E-state index is 13.5. The molecule has 5 rings (SSSR count). The minimum Gasteiger partial charge on any atom is -0.494 e. The number of nitrogens with zero attached hydrogens (tertiary/aromatic N) is 2. The van der Waals surface area contributed by atoms with Gasteiger partial charge in [0.25, 0.3) is 5.91 Å². The van der Waals surface area contributed by atoms with Crippen molar-refractivity contribution in [1.29, 1.82) is 0 Å². The SMILES string of the molecule is COc1cc(NS(C)(=O)=O)ccc1Nc1ccc(C(=O)NCCCc2ccc(N(CCCl)CCCl)cc2)c2nc3ccccc3cc12. The Morgan fingerprint density at radius 3 is 2.34 bits per heavy atom. The number of aryl methyl sites for hydroxylation is 1. The summed E-state index contributed by atoms with van der Waals surface area (Å²) in [4.78, 5) is 20.6. The number of nitrogens with one attached hydrogen (secondary N) is 3. The molecule has 5 aromatic rings. The summed E-state index contributed by atoms with van der Waals surface area (Å²) in [6, 6.07) is 26.7. The molecule has 246 valence electrons. The first-order valence-corrected chi connectivity index (χ1v) is 18.1. The number of pyridine rings is 1. The normalized spacial score (nSPS) is 11.4. The first kappa shape index (κ1) is 34.1. The van der Waals surface area contributed by atoms with E-state index in [0.717, 1.165) is 59.9 Å². The van der Waals surface area contributed by atoms with Crippen LogP contribution in [0.3, 0.4) is 0 Å². The molecule has 0 fully saturated rings. The number of rotatable bonds is 15. The van der Waals surface area contributed by atoms with Gasteiger partial charge in [-0.2, -0.15) is 0 Å². The van der Waals surface area contributed by atoms with Crippen LogP contribution in [0.25, 0.3) is 21.8 Å². The zero-order valence-electron chi connectivity index (χ0n) is 26.2. The van der Waals surface area contributed by atoms with Gasteiger partial charge in [0.1, 0.15) is 5.75 Å². The van der Waals surface area contributed by atoms with Crippen LogP contribution in [0.15, 0.2) is 84.9 Å². The van der Waals surface area contributed by atoms with Crippen LogP contribution < -0.4 is 25.0 Å². The van der Waals surface area contributed by atoms with Crippen LogP contribution in [0.2, 0.25) is 0 Å². The average Bonchev–Trinajstić information content (AvgIpc) is 3.06. The van der Waals surface area contributed by atoms with Crippen LogP contribution >= 0.6 is 23.2 Å². The maximum absolute atomic E-state index is 13.5. The molecule has 0 aliphatic heterocycles. The Morgan fingerprint density at radius 1 is 0.915 bits per heavy atom. The molecule has 47 heavy (non-hydrogen) atoms. The topological polar surface area (TPSA) is 113 Å². The minimum atomic E-state index is -3.45. The number of fused-ring (bicyclic) bond motifs is 2. The Balaban J connectivity index is 1.33. The zero-order valence-corrected chi connectivity index (χ0v) is 28.6. The van der Waals surface area contributed by atoms with E-state index >= 15 is 0 Å². The third-order valence-corrected chi connectivity index (χ3v) is 8.59. The Bertz CT molecular complexity index is 1970. The number of alkyl halides is 2. The number of amides is 1. The van der Waals surface area contributed by atoms with Crippen LogP contribution in [-0.4, -0.2) is 64.1 Å². The number of anilines is 4. The lowest BCUT2D eigenvalue weighted by Gasteiger charge is -2.23. The van der Waals surface area contributed by atoms with E-state index in [1.165, 1.54) is 12.7 Å². The number of ether oxygens (including phenoxy) is 1. The van der Waals surface area contributed by atoms with E-state index < -0.39 is 10.0 Å². The number of hydrogen-bond donors (Lipinski definition) is 3. The van der Waals surface area contributed by atoms with Crippen LogP contribution in [0.4, 0.5) is 22.7 Å². The van der Waals surface area contributed by atoms with Gasteiger partial charge in [0.15, 0.2) is 0 Å². The van der Waals surface area contributed by atoms with Crippen molar-refractivity contribution in [2.75, 3.05) is 59.7 Å². The van der Waals surface area contributed by atoms with Gasteiger partial charge in [-0.3, -0.25) is 9.52 Å². The molecule has 0 saturated carbocycles. The molecule has 0 saturated heterocycles. The van der Waals surface area contributed by atoms with Crippen molar-refractivity contribution in [2.24, 2.45) is 0 Å². The first-order valence-electron chi connectivity index (χ1n) is 15.2. The lowest BCUT2D eigenvalue weighted by Crippen LogP contribution is -2.27. The number of carbonyl (C=O) groups is 1. The molecule has 0 unspecified atom stereocenters. The molecule has 1 amide bonds. The second-order valence-corrected chi connectivity index (χ2v) is 13.5. The highest BCUT2D eigenvalue weighted by atomic mass is 35.5. The van der Waals surface area contributed by atoms with Crippen molar-refractivity contribution >= 4 is 83.7 Å². The summed E-state index contributed by atoms with van der Waals surface area (Å²) in [7, 11) is -1.93. The molecule has 9 nitrogen and oxygen atoms in total. The smallest absolute Gasteiger partial charge is 0.253 e. The van der Waals surface area contributed by atoms with Gasteiger partial charge in [0.2, 0.25) is 10.0 Å². The number of halogens is 2. The van der Waals surface area contributed by atoms with Crippen molar-refractivity contribution in [3.8, 4) is 5.75 Å². The van der Waals surface area contributed by atoms with E-state index in [0.29, 0.717) is 46.5 Å². The Kier molecular flexibility index (Phi) is 11.3. The highest BCUT2D eigenvalue weighted by Gasteiger charge is 2.17. The Morgan fingerprint density at radius 2 is 1.64 bits per heavy atom. The van der Waals surface area contributed by atoms with Gasteiger partial charge in [-0.25, -0.2) is 13.4 Å². The van der Waals surface area contributed by atoms with Crippen molar-refractivity contribution in [3.63, 3.8) is 0 Å². The van der Waals surface area contributed by atoms with Crippen molar-refractivity contribution in [1.82, 2.24) is 10.3 Å². The first-order chi connectivity index (χ1) is 22.7. The van der Waals surface area contributed by atoms with Crippen molar-refractivity contribution in [2.45, 2.75) is 12.8 Å². The van der Waals surface area contributed by atoms with E-state index in [-0.39, 0.29) is 5.91 Å². The number of hydrogen-bond acceptors (Lipinski definition) is 7. The number of benzene rings is 4. The van der Waals surface area contributed by atoms with E-state index in [4.69, 9.17) is 32.9 Å². The largest absolute Gasteiger partial charge is 0.494 e. The second kappa shape index (κ2) is 15.6. The van der Waals surface area contributed by atoms with Gasteiger partial charge in [0.05, 0.1) is 41.3 Å². The van der Waals surface area contributed by atoms with Crippen molar-refractivity contribution < 1.29 is 17.9 Å². The van der Waals surface area contributed by atoms with Gasteiger partial charge in [-0.15, -0.1) is 23.2 Å². The van der Waals surface area contributed by atoms with Gasteiger partial charge < -0.3 is 20.3 Å². The summed E-state index contributed by atoms with van der Waals surface area (Å²) in [5.74, 6) is 1.31. The van der Waals surface area contributed by atoms with E-state index in [9.17, 15) is 13.2 Å². The van der Waals surface area contributed by atoms with E-state index in [1.807, 2.05) is 36.4 Å². The quantitative estimate of drug-likeness (QED) is 0.0606. The third kappa shape index (κ3) is 8.77.